The molecule has 2 fully saturated rings. The molecule has 9 nitrogen and oxygen atoms in total. The highest BCUT2D eigenvalue weighted by Crippen LogP contribution is 2.61. The van der Waals surface area contributed by atoms with Gasteiger partial charge in [-0.15, -0.1) is 0 Å². The molecule has 0 aromatic carbocycles. The first-order valence-corrected chi connectivity index (χ1v) is 12.9. The zero-order chi connectivity index (χ0) is 26.1. The van der Waals surface area contributed by atoms with E-state index in [4.69, 9.17) is 9.47 Å². The lowest BCUT2D eigenvalue weighted by molar-refractivity contribution is -0.326. The Kier molecular flexibility index (Phi) is 9.06. The van der Waals surface area contributed by atoms with Gasteiger partial charge < -0.3 is 40.1 Å². The van der Waals surface area contributed by atoms with Crippen molar-refractivity contribution in [1.82, 2.24) is 0 Å². The fraction of sp³-hybridized carbons (Fsp3) is 0.885. The van der Waals surface area contributed by atoms with Crippen LogP contribution in [0.25, 0.3) is 0 Å². The minimum Gasteiger partial charge on any atom is -0.478 e. The molecule has 0 bridgehead atoms. The number of allylic oxidation sites excluding steroid dienone is 1. The smallest absolute Gasteiger partial charge is 0.331 e. The van der Waals surface area contributed by atoms with E-state index >= 15 is 0 Å². The van der Waals surface area contributed by atoms with Crippen molar-refractivity contribution in [1.29, 1.82) is 0 Å². The molecule has 0 unspecified atom stereocenters. The number of aliphatic hydroxyl groups is 5. The first-order valence-electron chi connectivity index (χ1n) is 12.9. The Bertz CT molecular complexity index is 766. The number of fused-ring (bicyclic) bond motifs is 1. The molecule has 202 valence electrons. The van der Waals surface area contributed by atoms with Crippen molar-refractivity contribution in [3.05, 3.63) is 11.6 Å². The third-order valence-corrected chi connectivity index (χ3v) is 9.18. The van der Waals surface area contributed by atoms with Crippen molar-refractivity contribution in [2.75, 3.05) is 13.2 Å². The third kappa shape index (κ3) is 5.46. The molecule has 1 saturated carbocycles. The molecular weight excluding hydrogens is 456 g/mol. The molecule has 2 aliphatic carbocycles. The van der Waals surface area contributed by atoms with Crippen molar-refractivity contribution in [2.45, 2.75) is 103 Å². The van der Waals surface area contributed by atoms with Crippen LogP contribution in [0, 0.1) is 28.6 Å². The Morgan fingerprint density at radius 1 is 1.14 bits per heavy atom. The highest BCUT2D eigenvalue weighted by molar-refractivity contribution is 5.87. The monoisotopic (exact) mass is 500 g/mol. The molecule has 10 atom stereocenters. The molecule has 35 heavy (non-hydrogen) atoms. The van der Waals surface area contributed by atoms with Gasteiger partial charge >= 0.3 is 5.97 Å². The molecule has 3 aliphatic rings. The van der Waals surface area contributed by atoms with E-state index in [0.717, 1.165) is 19.3 Å². The van der Waals surface area contributed by atoms with E-state index in [1.54, 1.807) is 0 Å². The minimum absolute atomic E-state index is 0.111. The first-order chi connectivity index (χ1) is 16.4. The van der Waals surface area contributed by atoms with Crippen LogP contribution in [0.2, 0.25) is 0 Å². The molecule has 9 heteroatoms. The summed E-state index contributed by atoms with van der Waals surface area (Å²) in [6, 6.07) is 0. The zero-order valence-corrected chi connectivity index (χ0v) is 21.3. The van der Waals surface area contributed by atoms with E-state index in [1.807, 2.05) is 6.08 Å². The number of rotatable bonds is 9. The van der Waals surface area contributed by atoms with Crippen LogP contribution in [0.1, 0.15) is 66.2 Å². The van der Waals surface area contributed by atoms with Crippen LogP contribution < -0.4 is 0 Å². The molecule has 0 aromatic heterocycles. The van der Waals surface area contributed by atoms with Crippen LogP contribution in [0.3, 0.4) is 0 Å². The number of carboxylic acid groups (broad SMARTS) is 1. The normalized spacial score (nSPS) is 42.1. The summed E-state index contributed by atoms with van der Waals surface area (Å²) in [4.78, 5) is 12.2. The number of aliphatic carboxylic acids is 1. The van der Waals surface area contributed by atoms with Gasteiger partial charge in [0.1, 0.15) is 24.4 Å². The maximum absolute atomic E-state index is 12.2. The number of carboxylic acids is 1. The van der Waals surface area contributed by atoms with E-state index in [2.05, 4.69) is 27.7 Å². The summed E-state index contributed by atoms with van der Waals surface area (Å²) in [5, 5.41) is 59.5. The molecule has 0 spiro atoms. The molecule has 0 aromatic rings. The second-order valence-electron chi connectivity index (χ2n) is 11.7. The van der Waals surface area contributed by atoms with Gasteiger partial charge in [-0.1, -0.05) is 40.2 Å². The Morgan fingerprint density at radius 3 is 2.43 bits per heavy atom. The molecule has 1 heterocycles. The van der Waals surface area contributed by atoms with Gasteiger partial charge in [-0.2, -0.15) is 0 Å². The van der Waals surface area contributed by atoms with Crippen molar-refractivity contribution in [3.8, 4) is 0 Å². The Balaban J connectivity index is 1.82. The molecular formula is C26H44O9. The van der Waals surface area contributed by atoms with Crippen LogP contribution in [-0.2, 0) is 14.3 Å². The van der Waals surface area contributed by atoms with Crippen molar-refractivity contribution in [3.63, 3.8) is 0 Å². The second-order valence-corrected chi connectivity index (χ2v) is 11.7. The summed E-state index contributed by atoms with van der Waals surface area (Å²) in [6.45, 7) is 8.05. The lowest BCUT2D eigenvalue weighted by Gasteiger charge is -2.59. The molecule has 3 rings (SSSR count). The second kappa shape index (κ2) is 11.1. The van der Waals surface area contributed by atoms with Crippen molar-refractivity contribution in [2.24, 2.45) is 28.6 Å². The number of carbonyl (C=O) groups is 1. The van der Waals surface area contributed by atoms with Gasteiger partial charge in [0.2, 0.25) is 0 Å². The Hall–Kier alpha value is -1.07. The molecule has 0 amide bonds. The Morgan fingerprint density at radius 2 is 1.83 bits per heavy atom. The molecule has 1 saturated heterocycles. The van der Waals surface area contributed by atoms with Crippen molar-refractivity contribution < 1.29 is 44.9 Å². The van der Waals surface area contributed by atoms with Crippen LogP contribution in [0.5, 0.6) is 0 Å². The van der Waals surface area contributed by atoms with E-state index in [1.165, 1.54) is 0 Å². The van der Waals surface area contributed by atoms with Crippen LogP contribution in [0.4, 0.5) is 0 Å². The third-order valence-electron chi connectivity index (χ3n) is 9.18. The molecule has 0 radical (unpaired) electrons. The van der Waals surface area contributed by atoms with Crippen LogP contribution in [-0.4, -0.2) is 86.6 Å². The SMILES string of the molecule is C[C@H](CCO)CC[C@@H]1C(C(=O)O)=CC[C@@H]2C(C)(C)[C@H](O[C@@H]3O[C@H](CO)[C@@H](O)[C@H](O)[C@H]3O)CC[C@@]12C. The minimum atomic E-state index is -1.50. The number of hydrogen-bond donors (Lipinski definition) is 6. The first kappa shape index (κ1) is 28.5. The standard InChI is InChI=1S/C26H44O9/c1-14(10-12-27)5-7-16-15(23(32)33)6-8-18-25(2,3)19(9-11-26(16,18)4)35-24-22(31)21(30)20(29)17(13-28)34-24/h6,14,16-22,24,27-31H,5,7-13H2,1-4H3,(H,32,33)/t14-,16+,17+,18+,19+,20+,21-,22+,24-,26-/m0/s1. The predicted octanol–water partition coefficient (Wildman–Crippen LogP) is 1.44. The van der Waals surface area contributed by atoms with Crippen LogP contribution >= 0.6 is 0 Å². The maximum Gasteiger partial charge on any atom is 0.331 e. The lowest BCUT2D eigenvalue weighted by Crippen LogP contribution is -2.62. The maximum atomic E-state index is 12.2. The summed E-state index contributed by atoms with van der Waals surface area (Å²) in [6.07, 6.45) is -0.886. The quantitative estimate of drug-likeness (QED) is 0.276. The fourth-order valence-electron chi connectivity index (χ4n) is 6.92. The van der Waals surface area contributed by atoms with E-state index < -0.39 is 48.7 Å². The van der Waals surface area contributed by atoms with Crippen molar-refractivity contribution >= 4 is 5.97 Å². The molecule has 6 N–H and O–H groups in total. The summed E-state index contributed by atoms with van der Waals surface area (Å²) < 4.78 is 11.8. The number of ether oxygens (including phenoxy) is 2. The van der Waals surface area contributed by atoms with Gasteiger partial charge in [0.25, 0.3) is 0 Å². The highest BCUT2D eigenvalue weighted by Gasteiger charge is 2.58. The lowest BCUT2D eigenvalue weighted by atomic mass is 9.47. The average Bonchev–Trinajstić information content (AvgIpc) is 2.79. The summed E-state index contributed by atoms with van der Waals surface area (Å²) >= 11 is 0. The largest absolute Gasteiger partial charge is 0.478 e. The average molecular weight is 501 g/mol. The van der Waals surface area contributed by atoms with Gasteiger partial charge in [-0.3, -0.25) is 0 Å². The van der Waals surface area contributed by atoms with Gasteiger partial charge in [-0.05, 0) is 60.7 Å². The van der Waals surface area contributed by atoms with E-state index in [0.29, 0.717) is 30.8 Å². The molecule has 1 aliphatic heterocycles. The predicted molar refractivity (Wildman–Crippen MR) is 127 cm³/mol. The van der Waals surface area contributed by atoms with Gasteiger partial charge in [0.15, 0.2) is 6.29 Å². The summed E-state index contributed by atoms with van der Waals surface area (Å²) in [5.74, 6) is -0.577. The zero-order valence-electron chi connectivity index (χ0n) is 21.3. The topological polar surface area (TPSA) is 157 Å². The van der Waals surface area contributed by atoms with E-state index in [9.17, 15) is 35.4 Å². The summed E-state index contributed by atoms with van der Waals surface area (Å²) in [7, 11) is 0. The van der Waals surface area contributed by atoms with Crippen LogP contribution in [0.15, 0.2) is 11.6 Å². The summed E-state index contributed by atoms with van der Waals surface area (Å²) in [5.41, 5.74) is -0.189. The number of aliphatic hydroxyl groups excluding tert-OH is 5. The fourth-order valence-corrected chi connectivity index (χ4v) is 6.92. The highest BCUT2D eigenvalue weighted by atomic mass is 16.7. The van der Waals surface area contributed by atoms with E-state index in [-0.39, 0.29) is 30.0 Å². The Labute approximate surface area is 207 Å². The van der Waals surface area contributed by atoms with Gasteiger partial charge in [-0.25, -0.2) is 4.79 Å². The van der Waals surface area contributed by atoms with Gasteiger partial charge in [0.05, 0.1) is 12.7 Å². The number of hydrogen-bond acceptors (Lipinski definition) is 8. The van der Waals surface area contributed by atoms with Gasteiger partial charge in [0, 0.05) is 12.2 Å².